The van der Waals surface area contributed by atoms with Crippen molar-refractivity contribution in [2.75, 3.05) is 18.6 Å². The highest BCUT2D eigenvalue weighted by Gasteiger charge is 2.18. The van der Waals surface area contributed by atoms with Crippen molar-refractivity contribution in [3.63, 3.8) is 0 Å². The molecule has 2 atom stereocenters. The molecule has 0 spiro atoms. The monoisotopic (exact) mass is 236 g/mol. The molecule has 3 N–H and O–H groups in total. The van der Waals surface area contributed by atoms with Gasteiger partial charge in [-0.3, -0.25) is 4.79 Å². The van der Waals surface area contributed by atoms with E-state index >= 15 is 0 Å². The van der Waals surface area contributed by atoms with Crippen molar-refractivity contribution in [2.45, 2.75) is 26.3 Å². The third-order valence-electron chi connectivity index (χ3n) is 2.33. The lowest BCUT2D eigenvalue weighted by atomic mass is 9.99. The van der Waals surface area contributed by atoms with E-state index in [4.69, 9.17) is 5.73 Å². The number of hydrogen-bond acceptors (Lipinski definition) is 4. The highest BCUT2D eigenvalue weighted by atomic mass is 32.2. The zero-order valence-electron chi connectivity index (χ0n) is 9.49. The van der Waals surface area contributed by atoms with Crippen LogP contribution in [0.5, 0.6) is 0 Å². The first-order chi connectivity index (χ1) is 6.78. The van der Waals surface area contributed by atoms with Crippen LogP contribution in [0.4, 0.5) is 0 Å². The summed E-state index contributed by atoms with van der Waals surface area (Å²) in [5.74, 6) is -0.234. The van der Waals surface area contributed by atoms with E-state index in [-0.39, 0.29) is 24.1 Å². The predicted molar refractivity (Wildman–Crippen MR) is 60.2 cm³/mol. The normalized spacial score (nSPS) is 15.7. The molecule has 1 amide bonds. The van der Waals surface area contributed by atoms with Crippen molar-refractivity contribution in [2.24, 2.45) is 11.7 Å². The topological polar surface area (TPSA) is 89.3 Å². The highest BCUT2D eigenvalue weighted by molar-refractivity contribution is 7.90. The van der Waals surface area contributed by atoms with E-state index in [1.165, 1.54) is 0 Å². The van der Waals surface area contributed by atoms with Crippen LogP contribution in [0.1, 0.15) is 20.3 Å². The number of hydrogen-bond donors (Lipinski definition) is 2. The summed E-state index contributed by atoms with van der Waals surface area (Å²) in [4.78, 5) is 11.4. The first kappa shape index (κ1) is 14.4. The Morgan fingerprint density at radius 2 is 2.00 bits per heavy atom. The van der Waals surface area contributed by atoms with E-state index in [1.54, 1.807) is 0 Å². The van der Waals surface area contributed by atoms with Gasteiger partial charge in [-0.05, 0) is 5.92 Å². The standard InChI is InChI=1S/C9H20N2O3S/c1-4-7(2)8(10)9(12)11-5-6-15(3,13)14/h7-8H,4-6,10H2,1-3H3,(H,11,12)/t7-,8-/m0/s1. The quantitative estimate of drug-likeness (QED) is 0.652. The van der Waals surface area contributed by atoms with E-state index < -0.39 is 15.9 Å². The molecule has 0 saturated carbocycles. The van der Waals surface area contributed by atoms with Crippen molar-refractivity contribution in [3.8, 4) is 0 Å². The zero-order chi connectivity index (χ0) is 12.1. The largest absolute Gasteiger partial charge is 0.354 e. The predicted octanol–water partition coefficient (Wildman–Crippen LogP) is -0.479. The second-order valence-electron chi connectivity index (χ2n) is 3.83. The molecule has 0 aliphatic carbocycles. The summed E-state index contributed by atoms with van der Waals surface area (Å²) in [5.41, 5.74) is 5.66. The third-order valence-corrected chi connectivity index (χ3v) is 3.28. The fourth-order valence-corrected chi connectivity index (χ4v) is 1.46. The number of carbonyl (C=O) groups excluding carboxylic acids is 1. The van der Waals surface area contributed by atoms with Gasteiger partial charge in [-0.1, -0.05) is 20.3 Å². The summed E-state index contributed by atoms with van der Waals surface area (Å²) >= 11 is 0. The van der Waals surface area contributed by atoms with Gasteiger partial charge in [0.1, 0.15) is 9.84 Å². The molecule has 0 aromatic rings. The molecule has 6 heteroatoms. The van der Waals surface area contributed by atoms with Crippen LogP contribution in [0.25, 0.3) is 0 Å². The lowest BCUT2D eigenvalue weighted by Crippen LogP contribution is -2.45. The molecule has 0 rings (SSSR count). The summed E-state index contributed by atoms with van der Waals surface area (Å²) in [6, 6.07) is -0.561. The van der Waals surface area contributed by atoms with Crippen molar-refractivity contribution < 1.29 is 13.2 Å². The Bertz CT molecular complexity index is 300. The summed E-state index contributed by atoms with van der Waals surface area (Å²) in [5, 5.41) is 2.51. The highest BCUT2D eigenvalue weighted by Crippen LogP contribution is 2.04. The molecule has 0 radical (unpaired) electrons. The van der Waals surface area contributed by atoms with E-state index in [0.29, 0.717) is 0 Å². The molecule has 0 aliphatic rings. The Morgan fingerprint density at radius 1 is 1.47 bits per heavy atom. The van der Waals surface area contributed by atoms with E-state index in [0.717, 1.165) is 12.7 Å². The van der Waals surface area contributed by atoms with Crippen LogP contribution in [0, 0.1) is 5.92 Å². The number of nitrogens with one attached hydrogen (secondary N) is 1. The Balaban J connectivity index is 3.94. The number of amides is 1. The molecule has 15 heavy (non-hydrogen) atoms. The van der Waals surface area contributed by atoms with Crippen LogP contribution in [0.15, 0.2) is 0 Å². The second-order valence-corrected chi connectivity index (χ2v) is 6.09. The molecule has 0 fully saturated rings. The SMILES string of the molecule is CC[C@H](C)[C@H](N)C(=O)NCCS(C)(=O)=O. The van der Waals surface area contributed by atoms with Gasteiger partial charge in [0.25, 0.3) is 0 Å². The Hall–Kier alpha value is -0.620. The molecule has 0 saturated heterocycles. The van der Waals surface area contributed by atoms with Gasteiger partial charge in [0, 0.05) is 12.8 Å². The van der Waals surface area contributed by atoms with Crippen LogP contribution in [-0.4, -0.2) is 38.9 Å². The maximum Gasteiger partial charge on any atom is 0.237 e. The zero-order valence-corrected chi connectivity index (χ0v) is 10.3. The first-order valence-electron chi connectivity index (χ1n) is 4.99. The Morgan fingerprint density at radius 3 is 2.40 bits per heavy atom. The molecule has 0 heterocycles. The lowest BCUT2D eigenvalue weighted by molar-refractivity contribution is -0.123. The minimum Gasteiger partial charge on any atom is -0.354 e. The number of rotatable bonds is 6. The first-order valence-corrected chi connectivity index (χ1v) is 7.05. The molecule has 0 aromatic heterocycles. The molecule has 0 bridgehead atoms. The number of nitrogens with two attached hydrogens (primary N) is 1. The fraction of sp³-hybridized carbons (Fsp3) is 0.889. The lowest BCUT2D eigenvalue weighted by Gasteiger charge is -2.17. The minimum absolute atomic E-state index is 0.0496. The van der Waals surface area contributed by atoms with Crippen LogP contribution < -0.4 is 11.1 Å². The molecular formula is C9H20N2O3S. The van der Waals surface area contributed by atoms with Crippen LogP contribution in [0.3, 0.4) is 0 Å². The fourth-order valence-electron chi connectivity index (χ4n) is 0.990. The van der Waals surface area contributed by atoms with Gasteiger partial charge in [-0.2, -0.15) is 0 Å². The molecule has 0 unspecified atom stereocenters. The summed E-state index contributed by atoms with van der Waals surface area (Å²) in [6.45, 7) is 3.97. The maximum absolute atomic E-state index is 11.4. The van der Waals surface area contributed by atoms with E-state index in [2.05, 4.69) is 5.32 Å². The van der Waals surface area contributed by atoms with Crippen molar-refractivity contribution in [1.82, 2.24) is 5.32 Å². The average molecular weight is 236 g/mol. The molecule has 0 aliphatic heterocycles. The van der Waals surface area contributed by atoms with Gasteiger partial charge in [0.05, 0.1) is 11.8 Å². The Kier molecular flexibility index (Phi) is 5.82. The molecule has 0 aromatic carbocycles. The smallest absolute Gasteiger partial charge is 0.237 e. The van der Waals surface area contributed by atoms with Gasteiger partial charge in [0.2, 0.25) is 5.91 Å². The molecular weight excluding hydrogens is 216 g/mol. The van der Waals surface area contributed by atoms with Crippen LogP contribution >= 0.6 is 0 Å². The van der Waals surface area contributed by atoms with E-state index in [1.807, 2.05) is 13.8 Å². The summed E-state index contributed by atoms with van der Waals surface area (Å²) in [7, 11) is -3.03. The third kappa shape index (κ3) is 6.46. The summed E-state index contributed by atoms with van der Waals surface area (Å²) in [6.07, 6.45) is 1.95. The Labute approximate surface area is 91.3 Å². The van der Waals surface area contributed by atoms with Gasteiger partial charge in [0.15, 0.2) is 0 Å². The van der Waals surface area contributed by atoms with Gasteiger partial charge >= 0.3 is 0 Å². The average Bonchev–Trinajstić information content (AvgIpc) is 2.13. The molecule has 5 nitrogen and oxygen atoms in total. The van der Waals surface area contributed by atoms with Gasteiger partial charge in [-0.15, -0.1) is 0 Å². The van der Waals surface area contributed by atoms with Crippen molar-refractivity contribution in [1.29, 1.82) is 0 Å². The van der Waals surface area contributed by atoms with Gasteiger partial charge < -0.3 is 11.1 Å². The van der Waals surface area contributed by atoms with Gasteiger partial charge in [-0.25, -0.2) is 8.42 Å². The maximum atomic E-state index is 11.4. The van der Waals surface area contributed by atoms with Crippen molar-refractivity contribution in [3.05, 3.63) is 0 Å². The van der Waals surface area contributed by atoms with Crippen LogP contribution in [0.2, 0.25) is 0 Å². The summed E-state index contributed by atoms with van der Waals surface area (Å²) < 4.78 is 21.6. The second kappa shape index (κ2) is 6.07. The van der Waals surface area contributed by atoms with E-state index in [9.17, 15) is 13.2 Å². The van der Waals surface area contributed by atoms with Crippen LogP contribution in [-0.2, 0) is 14.6 Å². The molecule has 90 valence electrons. The minimum atomic E-state index is -3.03. The number of sulfone groups is 1. The van der Waals surface area contributed by atoms with Crippen molar-refractivity contribution >= 4 is 15.7 Å². The number of carbonyl (C=O) groups is 1.